The quantitative estimate of drug-likeness (QED) is 0.865. The normalized spacial score (nSPS) is 35.9. The lowest BCUT2D eigenvalue weighted by atomic mass is 9.80. The van der Waals surface area contributed by atoms with Crippen molar-refractivity contribution in [3.05, 3.63) is 0 Å². The molecular formula is C18H29NO3. The standard InChI is InChI=1S/C18H29NO3/c1-12-2-8-15(9-3-12)19(16-10-11-16)17(20)13-4-6-14(7-5-13)18(21)22/h12-16H,2-11H2,1H3,(H,21,22). The van der Waals surface area contributed by atoms with Crippen LogP contribution in [0.4, 0.5) is 0 Å². The molecule has 0 aromatic carbocycles. The number of hydrogen-bond donors (Lipinski definition) is 1. The van der Waals surface area contributed by atoms with Crippen molar-refractivity contribution in [2.45, 2.75) is 83.2 Å². The zero-order valence-corrected chi connectivity index (χ0v) is 13.7. The van der Waals surface area contributed by atoms with Crippen LogP contribution in [0.25, 0.3) is 0 Å². The Bertz CT molecular complexity index is 416. The maximum atomic E-state index is 13.0. The molecule has 0 bridgehead atoms. The number of aliphatic carboxylic acids is 1. The van der Waals surface area contributed by atoms with Crippen LogP contribution in [0.3, 0.4) is 0 Å². The molecule has 0 aromatic heterocycles. The van der Waals surface area contributed by atoms with Gasteiger partial charge >= 0.3 is 5.97 Å². The van der Waals surface area contributed by atoms with Crippen molar-refractivity contribution in [2.75, 3.05) is 0 Å². The predicted octanol–water partition coefficient (Wildman–Crippen LogP) is 3.45. The predicted molar refractivity (Wildman–Crippen MR) is 84.4 cm³/mol. The van der Waals surface area contributed by atoms with E-state index in [1.54, 1.807) is 0 Å². The number of hydrogen-bond acceptors (Lipinski definition) is 2. The molecule has 0 saturated heterocycles. The summed E-state index contributed by atoms with van der Waals surface area (Å²) in [6.07, 6.45) is 10.0. The fourth-order valence-corrected chi connectivity index (χ4v) is 4.33. The maximum absolute atomic E-state index is 13.0. The molecule has 4 nitrogen and oxygen atoms in total. The highest BCUT2D eigenvalue weighted by atomic mass is 16.4. The Morgan fingerprint density at radius 1 is 0.773 bits per heavy atom. The third-order valence-corrected chi connectivity index (χ3v) is 6.00. The van der Waals surface area contributed by atoms with Crippen LogP contribution in [0.2, 0.25) is 0 Å². The van der Waals surface area contributed by atoms with Gasteiger partial charge in [0.05, 0.1) is 5.92 Å². The van der Waals surface area contributed by atoms with Crippen molar-refractivity contribution in [1.82, 2.24) is 4.90 Å². The summed E-state index contributed by atoms with van der Waals surface area (Å²) in [7, 11) is 0. The van der Waals surface area contributed by atoms with Crippen molar-refractivity contribution in [1.29, 1.82) is 0 Å². The molecule has 0 radical (unpaired) electrons. The van der Waals surface area contributed by atoms with E-state index < -0.39 is 5.97 Å². The first-order chi connectivity index (χ1) is 10.6. The number of rotatable bonds is 4. The summed E-state index contributed by atoms with van der Waals surface area (Å²) < 4.78 is 0. The highest BCUT2D eigenvalue weighted by Gasteiger charge is 2.41. The van der Waals surface area contributed by atoms with E-state index in [0.717, 1.165) is 31.6 Å². The van der Waals surface area contributed by atoms with Crippen molar-refractivity contribution in [3.63, 3.8) is 0 Å². The second-order valence-corrected chi connectivity index (χ2v) is 7.78. The van der Waals surface area contributed by atoms with Gasteiger partial charge in [0.15, 0.2) is 0 Å². The van der Waals surface area contributed by atoms with E-state index >= 15 is 0 Å². The molecule has 124 valence electrons. The van der Waals surface area contributed by atoms with E-state index in [-0.39, 0.29) is 11.8 Å². The Morgan fingerprint density at radius 3 is 1.68 bits per heavy atom. The van der Waals surface area contributed by atoms with Crippen LogP contribution in [0.5, 0.6) is 0 Å². The van der Waals surface area contributed by atoms with Gasteiger partial charge in [-0.25, -0.2) is 0 Å². The van der Waals surface area contributed by atoms with E-state index in [4.69, 9.17) is 5.11 Å². The Labute approximate surface area is 133 Å². The summed E-state index contributed by atoms with van der Waals surface area (Å²) in [6, 6.07) is 0.941. The van der Waals surface area contributed by atoms with E-state index in [1.807, 2.05) is 0 Å². The number of amides is 1. The molecule has 0 heterocycles. The summed E-state index contributed by atoms with van der Waals surface area (Å²) >= 11 is 0. The molecule has 3 aliphatic carbocycles. The summed E-state index contributed by atoms with van der Waals surface area (Å²) in [5.41, 5.74) is 0. The molecule has 3 fully saturated rings. The SMILES string of the molecule is CC1CCC(N(C(=O)C2CCC(C(=O)O)CC2)C2CC2)CC1. The minimum absolute atomic E-state index is 0.0792. The van der Waals surface area contributed by atoms with Crippen LogP contribution in [-0.2, 0) is 9.59 Å². The zero-order valence-electron chi connectivity index (χ0n) is 13.7. The molecule has 0 aromatic rings. The molecule has 1 amide bonds. The van der Waals surface area contributed by atoms with Crippen LogP contribution in [0.15, 0.2) is 0 Å². The van der Waals surface area contributed by atoms with Crippen molar-refractivity contribution in [3.8, 4) is 0 Å². The van der Waals surface area contributed by atoms with Gasteiger partial charge in [0, 0.05) is 18.0 Å². The van der Waals surface area contributed by atoms with Gasteiger partial charge in [-0.05, 0) is 70.1 Å². The fraction of sp³-hybridized carbons (Fsp3) is 0.889. The lowest BCUT2D eigenvalue weighted by Gasteiger charge is -2.39. The van der Waals surface area contributed by atoms with Gasteiger partial charge in [-0.2, -0.15) is 0 Å². The average molecular weight is 307 g/mol. The maximum Gasteiger partial charge on any atom is 0.306 e. The topological polar surface area (TPSA) is 57.6 Å². The number of carboxylic acid groups (broad SMARTS) is 1. The van der Waals surface area contributed by atoms with Crippen LogP contribution in [0.1, 0.15) is 71.1 Å². The summed E-state index contributed by atoms with van der Waals surface area (Å²) in [5, 5.41) is 9.10. The van der Waals surface area contributed by atoms with Gasteiger partial charge in [0.2, 0.25) is 5.91 Å². The Morgan fingerprint density at radius 2 is 1.23 bits per heavy atom. The average Bonchev–Trinajstić information content (AvgIpc) is 3.34. The monoisotopic (exact) mass is 307 g/mol. The van der Waals surface area contributed by atoms with Gasteiger partial charge in [-0.15, -0.1) is 0 Å². The molecule has 4 heteroatoms. The molecule has 1 N–H and O–H groups in total. The smallest absolute Gasteiger partial charge is 0.306 e. The van der Waals surface area contributed by atoms with E-state index in [2.05, 4.69) is 11.8 Å². The molecule has 3 rings (SSSR count). The molecular weight excluding hydrogens is 278 g/mol. The molecule has 3 saturated carbocycles. The minimum Gasteiger partial charge on any atom is -0.481 e. The highest BCUT2D eigenvalue weighted by molar-refractivity contribution is 5.80. The summed E-state index contributed by atoms with van der Waals surface area (Å²) in [4.78, 5) is 26.3. The van der Waals surface area contributed by atoms with Crippen LogP contribution < -0.4 is 0 Å². The second-order valence-electron chi connectivity index (χ2n) is 7.78. The minimum atomic E-state index is -0.689. The van der Waals surface area contributed by atoms with Gasteiger partial charge in [0.1, 0.15) is 0 Å². The zero-order chi connectivity index (χ0) is 15.7. The first-order valence-electron chi connectivity index (χ1n) is 9.11. The largest absolute Gasteiger partial charge is 0.481 e. The molecule has 3 aliphatic rings. The van der Waals surface area contributed by atoms with Crippen LogP contribution >= 0.6 is 0 Å². The summed E-state index contributed by atoms with van der Waals surface area (Å²) in [6.45, 7) is 2.31. The second kappa shape index (κ2) is 6.59. The van der Waals surface area contributed by atoms with E-state index in [1.165, 1.54) is 25.7 Å². The van der Waals surface area contributed by atoms with Crippen molar-refractivity contribution in [2.24, 2.45) is 17.8 Å². The molecule has 0 atom stereocenters. The third kappa shape index (κ3) is 3.47. The summed E-state index contributed by atoms with van der Waals surface area (Å²) in [5.74, 6) is 0.306. The lowest BCUT2D eigenvalue weighted by molar-refractivity contribution is -0.147. The Balaban J connectivity index is 1.60. The van der Waals surface area contributed by atoms with Gasteiger partial charge < -0.3 is 10.0 Å². The first-order valence-corrected chi connectivity index (χ1v) is 9.11. The van der Waals surface area contributed by atoms with Crippen LogP contribution in [0, 0.1) is 17.8 Å². The number of carbonyl (C=O) groups is 2. The Hall–Kier alpha value is -1.06. The van der Waals surface area contributed by atoms with Crippen LogP contribution in [-0.4, -0.2) is 34.0 Å². The van der Waals surface area contributed by atoms with Crippen molar-refractivity contribution >= 4 is 11.9 Å². The molecule has 22 heavy (non-hydrogen) atoms. The number of nitrogens with zero attached hydrogens (tertiary/aromatic N) is 1. The van der Waals surface area contributed by atoms with E-state index in [9.17, 15) is 9.59 Å². The van der Waals surface area contributed by atoms with Gasteiger partial charge in [-0.3, -0.25) is 9.59 Å². The fourth-order valence-electron chi connectivity index (χ4n) is 4.33. The lowest BCUT2D eigenvalue weighted by Crippen LogP contribution is -2.47. The first kappa shape index (κ1) is 15.8. The number of carboxylic acids is 1. The molecule has 0 spiro atoms. The van der Waals surface area contributed by atoms with Crippen molar-refractivity contribution < 1.29 is 14.7 Å². The van der Waals surface area contributed by atoms with Gasteiger partial charge in [0.25, 0.3) is 0 Å². The van der Waals surface area contributed by atoms with Gasteiger partial charge in [-0.1, -0.05) is 6.92 Å². The highest BCUT2D eigenvalue weighted by Crippen LogP contribution is 2.38. The Kier molecular flexibility index (Phi) is 4.74. The number of carbonyl (C=O) groups excluding carboxylic acids is 1. The molecule has 0 aliphatic heterocycles. The van der Waals surface area contributed by atoms with E-state index in [0.29, 0.717) is 30.8 Å². The third-order valence-electron chi connectivity index (χ3n) is 6.00. The molecule has 0 unspecified atom stereocenters.